The first-order chi connectivity index (χ1) is 10.2. The Morgan fingerprint density at radius 2 is 2.13 bits per heavy atom. The molecule has 132 valence electrons. The fourth-order valence-corrected chi connectivity index (χ4v) is 3.33. The summed E-state index contributed by atoms with van der Waals surface area (Å²) in [5.74, 6) is 3.14. The summed E-state index contributed by atoms with van der Waals surface area (Å²) in [6.45, 7) is 7.06. The van der Waals surface area contributed by atoms with Crippen LogP contribution in [0.1, 0.15) is 20.3 Å². The minimum Gasteiger partial charge on any atom is -0.357 e. The van der Waals surface area contributed by atoms with E-state index in [0.29, 0.717) is 6.42 Å². The van der Waals surface area contributed by atoms with E-state index in [-0.39, 0.29) is 36.8 Å². The third-order valence-corrected chi connectivity index (χ3v) is 4.68. The number of nitrogens with zero attached hydrogens (tertiary/aromatic N) is 2. The van der Waals surface area contributed by atoms with Crippen LogP contribution >= 0.6 is 36.6 Å². The number of rotatable bonds is 6. The molecular weight excluding hydrogens is 355 g/mol. The molecule has 1 fully saturated rings. The van der Waals surface area contributed by atoms with E-state index in [2.05, 4.69) is 34.4 Å². The molecular formula is C15H26Cl2N4OS. The number of pyridine rings is 1. The van der Waals surface area contributed by atoms with Gasteiger partial charge < -0.3 is 15.5 Å². The second-order valence-electron chi connectivity index (χ2n) is 5.06. The van der Waals surface area contributed by atoms with Gasteiger partial charge in [0.2, 0.25) is 5.91 Å². The lowest BCUT2D eigenvalue weighted by Gasteiger charge is -2.22. The maximum absolute atomic E-state index is 12.0. The first-order valence-corrected chi connectivity index (χ1v) is 8.70. The summed E-state index contributed by atoms with van der Waals surface area (Å²) in [5, 5.41) is 6.29. The van der Waals surface area contributed by atoms with Crippen LogP contribution < -0.4 is 15.5 Å². The van der Waals surface area contributed by atoms with Crippen LogP contribution in [0.2, 0.25) is 0 Å². The number of anilines is 2. The maximum Gasteiger partial charge on any atom is 0.226 e. The number of carbonyl (C=O) groups is 1. The van der Waals surface area contributed by atoms with Gasteiger partial charge in [-0.2, -0.15) is 11.8 Å². The van der Waals surface area contributed by atoms with Gasteiger partial charge in [-0.1, -0.05) is 0 Å². The average molecular weight is 381 g/mol. The van der Waals surface area contributed by atoms with Crippen molar-refractivity contribution in [3.63, 3.8) is 0 Å². The molecule has 1 aromatic heterocycles. The highest BCUT2D eigenvalue weighted by Crippen LogP contribution is 2.15. The van der Waals surface area contributed by atoms with Crippen molar-refractivity contribution in [1.29, 1.82) is 0 Å². The van der Waals surface area contributed by atoms with Crippen molar-refractivity contribution in [3.05, 3.63) is 18.3 Å². The third kappa shape index (κ3) is 7.16. The van der Waals surface area contributed by atoms with E-state index < -0.39 is 0 Å². The highest BCUT2D eigenvalue weighted by atomic mass is 35.5. The van der Waals surface area contributed by atoms with Gasteiger partial charge in [0.25, 0.3) is 0 Å². The zero-order valence-electron chi connectivity index (χ0n) is 13.6. The lowest BCUT2D eigenvalue weighted by Crippen LogP contribution is -2.39. The van der Waals surface area contributed by atoms with Gasteiger partial charge in [0.15, 0.2) is 0 Å². The Labute approximate surface area is 155 Å². The molecule has 5 nitrogen and oxygen atoms in total. The molecule has 23 heavy (non-hydrogen) atoms. The summed E-state index contributed by atoms with van der Waals surface area (Å²) >= 11 is 1.90. The van der Waals surface area contributed by atoms with E-state index in [4.69, 9.17) is 0 Å². The number of thioether (sulfide) groups is 1. The van der Waals surface area contributed by atoms with Gasteiger partial charge in [-0.15, -0.1) is 24.8 Å². The topological polar surface area (TPSA) is 57.3 Å². The predicted molar refractivity (Wildman–Crippen MR) is 105 cm³/mol. The molecule has 0 aliphatic carbocycles. The van der Waals surface area contributed by atoms with E-state index >= 15 is 0 Å². The third-order valence-electron chi connectivity index (χ3n) is 3.55. The minimum absolute atomic E-state index is 0. The van der Waals surface area contributed by atoms with E-state index in [9.17, 15) is 4.79 Å². The molecule has 0 radical (unpaired) electrons. The lowest BCUT2D eigenvalue weighted by atomic mass is 10.2. The smallest absolute Gasteiger partial charge is 0.226 e. The van der Waals surface area contributed by atoms with Crippen LogP contribution in [0.5, 0.6) is 0 Å². The van der Waals surface area contributed by atoms with Gasteiger partial charge in [-0.05, 0) is 26.0 Å². The quantitative estimate of drug-likeness (QED) is 0.794. The number of amides is 1. The first kappa shape index (κ1) is 22.3. The van der Waals surface area contributed by atoms with Crippen molar-refractivity contribution >= 4 is 54.0 Å². The highest BCUT2D eigenvalue weighted by molar-refractivity contribution is 7.99. The summed E-state index contributed by atoms with van der Waals surface area (Å²) in [5.41, 5.74) is 0.763. The SMILES string of the molecule is CCN(CC)c1ccc(NC(=O)CC2CSCCN2)cn1.Cl.Cl. The lowest BCUT2D eigenvalue weighted by molar-refractivity contribution is -0.116. The van der Waals surface area contributed by atoms with E-state index in [1.165, 1.54) is 0 Å². The number of halogens is 2. The molecule has 0 bridgehead atoms. The Kier molecular flexibility index (Phi) is 11.4. The average Bonchev–Trinajstić information content (AvgIpc) is 2.51. The molecule has 1 saturated heterocycles. The van der Waals surface area contributed by atoms with Crippen LogP contribution in [0.4, 0.5) is 11.5 Å². The summed E-state index contributed by atoms with van der Waals surface area (Å²) in [6.07, 6.45) is 2.25. The summed E-state index contributed by atoms with van der Waals surface area (Å²) in [4.78, 5) is 18.6. The monoisotopic (exact) mass is 380 g/mol. The Morgan fingerprint density at radius 3 is 2.65 bits per heavy atom. The Balaban J connectivity index is 0.00000242. The van der Waals surface area contributed by atoms with Crippen molar-refractivity contribution < 1.29 is 4.79 Å². The van der Waals surface area contributed by atoms with Gasteiger partial charge in [0.05, 0.1) is 11.9 Å². The highest BCUT2D eigenvalue weighted by Gasteiger charge is 2.16. The fraction of sp³-hybridized carbons (Fsp3) is 0.600. The van der Waals surface area contributed by atoms with Crippen molar-refractivity contribution in [1.82, 2.24) is 10.3 Å². The fourth-order valence-electron chi connectivity index (χ4n) is 2.38. The summed E-state index contributed by atoms with van der Waals surface area (Å²) in [7, 11) is 0. The number of nitrogens with one attached hydrogen (secondary N) is 2. The molecule has 0 spiro atoms. The molecule has 1 unspecified atom stereocenters. The molecule has 0 aromatic carbocycles. The van der Waals surface area contributed by atoms with Crippen LogP contribution in [0.25, 0.3) is 0 Å². The second kappa shape index (κ2) is 11.8. The summed E-state index contributed by atoms with van der Waals surface area (Å²) in [6, 6.07) is 4.16. The number of carbonyl (C=O) groups excluding carboxylic acids is 1. The first-order valence-electron chi connectivity index (χ1n) is 7.55. The van der Waals surface area contributed by atoms with Crippen molar-refractivity contribution in [2.45, 2.75) is 26.3 Å². The Hall–Kier alpha value is -0.690. The van der Waals surface area contributed by atoms with Gasteiger partial charge in [-0.3, -0.25) is 4.79 Å². The van der Waals surface area contributed by atoms with Gasteiger partial charge in [-0.25, -0.2) is 4.98 Å². The predicted octanol–water partition coefficient (Wildman–Crippen LogP) is 2.81. The Bertz CT molecular complexity index is 451. The van der Waals surface area contributed by atoms with Crippen LogP contribution in [0.3, 0.4) is 0 Å². The van der Waals surface area contributed by atoms with Crippen molar-refractivity contribution in [2.24, 2.45) is 0 Å². The van der Waals surface area contributed by atoms with Crippen LogP contribution in [-0.2, 0) is 4.79 Å². The molecule has 1 amide bonds. The van der Waals surface area contributed by atoms with Crippen molar-refractivity contribution in [2.75, 3.05) is 41.4 Å². The molecule has 2 heterocycles. The zero-order chi connectivity index (χ0) is 15.1. The number of hydrogen-bond donors (Lipinski definition) is 2. The van der Waals surface area contributed by atoms with Crippen LogP contribution in [-0.4, -0.2) is 48.1 Å². The Morgan fingerprint density at radius 1 is 1.39 bits per heavy atom. The van der Waals surface area contributed by atoms with E-state index in [1.807, 2.05) is 23.9 Å². The zero-order valence-corrected chi connectivity index (χ0v) is 16.0. The second-order valence-corrected chi connectivity index (χ2v) is 6.21. The molecule has 1 aliphatic heterocycles. The van der Waals surface area contributed by atoms with Crippen LogP contribution in [0.15, 0.2) is 18.3 Å². The molecule has 1 atom stereocenters. The number of aromatic nitrogens is 1. The normalized spacial score (nSPS) is 16.7. The van der Waals surface area contributed by atoms with Crippen molar-refractivity contribution in [3.8, 4) is 0 Å². The molecule has 1 aliphatic rings. The largest absolute Gasteiger partial charge is 0.357 e. The maximum atomic E-state index is 12.0. The van der Waals surface area contributed by atoms with E-state index in [0.717, 1.165) is 42.6 Å². The molecule has 0 saturated carbocycles. The van der Waals surface area contributed by atoms with Gasteiger partial charge >= 0.3 is 0 Å². The van der Waals surface area contributed by atoms with Gasteiger partial charge in [0.1, 0.15) is 5.82 Å². The van der Waals surface area contributed by atoms with Gasteiger partial charge in [0, 0.05) is 43.6 Å². The molecule has 8 heteroatoms. The minimum atomic E-state index is 0. The number of hydrogen-bond acceptors (Lipinski definition) is 5. The van der Waals surface area contributed by atoms with E-state index in [1.54, 1.807) is 6.20 Å². The summed E-state index contributed by atoms with van der Waals surface area (Å²) < 4.78 is 0. The van der Waals surface area contributed by atoms with Crippen LogP contribution in [0, 0.1) is 0 Å². The standard InChI is InChI=1S/C15H24N4OS.2ClH/c1-3-19(4-2)14-6-5-12(10-17-14)18-15(20)9-13-11-21-8-7-16-13;;/h5-6,10,13,16H,3-4,7-9,11H2,1-2H3,(H,18,20);2*1H. The molecule has 2 N–H and O–H groups in total. The molecule has 1 aromatic rings. The molecule has 2 rings (SSSR count).